The fourth-order valence-electron chi connectivity index (χ4n) is 1.30. The number of amides is 1. The molecule has 0 spiro atoms. The molecule has 1 heterocycles. The van der Waals surface area contributed by atoms with Gasteiger partial charge in [-0.25, -0.2) is 5.84 Å². The summed E-state index contributed by atoms with van der Waals surface area (Å²) in [6.07, 6.45) is 0. The van der Waals surface area contributed by atoms with Gasteiger partial charge in [0.15, 0.2) is 11.5 Å². The molecule has 1 aromatic heterocycles. The summed E-state index contributed by atoms with van der Waals surface area (Å²) in [4.78, 5) is 11.2. The van der Waals surface area contributed by atoms with E-state index < -0.39 is 5.91 Å². The van der Waals surface area contributed by atoms with Crippen LogP contribution in [0, 0.1) is 0 Å². The fraction of sp³-hybridized carbons (Fsp3) is 0.0909. The van der Waals surface area contributed by atoms with E-state index in [-0.39, 0.29) is 12.3 Å². The molecule has 3 N–H and O–H groups in total. The number of nitrogen functional groups attached to an aromatic ring is 1. The standard InChI is InChI=1S/C11H9Cl2N3O3/c12-6-1-2-10(8(13)3-6)18-5-7-4-9(16-19-7)11(17)15-14/h1-4H,5,14H2,(H,15,17). The van der Waals surface area contributed by atoms with Crippen molar-refractivity contribution in [2.45, 2.75) is 6.61 Å². The number of hydrogen-bond donors (Lipinski definition) is 2. The maximum Gasteiger partial charge on any atom is 0.287 e. The monoisotopic (exact) mass is 301 g/mol. The highest BCUT2D eigenvalue weighted by Gasteiger charge is 2.12. The number of nitrogens with one attached hydrogen (secondary N) is 1. The minimum atomic E-state index is -0.542. The number of hydrazine groups is 1. The van der Waals surface area contributed by atoms with Crippen LogP contribution in [0.3, 0.4) is 0 Å². The highest BCUT2D eigenvalue weighted by atomic mass is 35.5. The van der Waals surface area contributed by atoms with Gasteiger partial charge in [0, 0.05) is 11.1 Å². The van der Waals surface area contributed by atoms with Gasteiger partial charge in [-0.2, -0.15) is 0 Å². The number of benzene rings is 1. The summed E-state index contributed by atoms with van der Waals surface area (Å²) >= 11 is 11.7. The van der Waals surface area contributed by atoms with Gasteiger partial charge in [0.2, 0.25) is 0 Å². The Morgan fingerprint density at radius 3 is 2.89 bits per heavy atom. The third kappa shape index (κ3) is 3.37. The lowest BCUT2D eigenvalue weighted by molar-refractivity contribution is 0.0944. The lowest BCUT2D eigenvalue weighted by Crippen LogP contribution is -2.30. The summed E-state index contributed by atoms with van der Waals surface area (Å²) in [5.41, 5.74) is 2.02. The molecule has 1 aromatic carbocycles. The van der Waals surface area contributed by atoms with E-state index in [1.165, 1.54) is 6.07 Å². The van der Waals surface area contributed by atoms with Gasteiger partial charge in [0.25, 0.3) is 5.91 Å². The van der Waals surface area contributed by atoms with Crippen LogP contribution in [0.15, 0.2) is 28.8 Å². The molecule has 0 fully saturated rings. The Morgan fingerprint density at radius 2 is 2.21 bits per heavy atom. The lowest BCUT2D eigenvalue weighted by atomic mass is 10.3. The fourth-order valence-corrected chi connectivity index (χ4v) is 1.77. The Labute approximate surface area is 118 Å². The second-order valence-corrected chi connectivity index (χ2v) is 4.36. The topological polar surface area (TPSA) is 90.4 Å². The highest BCUT2D eigenvalue weighted by molar-refractivity contribution is 6.35. The van der Waals surface area contributed by atoms with Crippen LogP contribution in [0.1, 0.15) is 16.2 Å². The number of nitrogens with zero attached hydrogens (tertiary/aromatic N) is 1. The largest absolute Gasteiger partial charge is 0.484 e. The van der Waals surface area contributed by atoms with E-state index in [0.29, 0.717) is 21.6 Å². The van der Waals surface area contributed by atoms with Gasteiger partial charge in [-0.1, -0.05) is 28.4 Å². The molecule has 0 radical (unpaired) electrons. The number of halogens is 2. The zero-order chi connectivity index (χ0) is 13.8. The average Bonchev–Trinajstić information content (AvgIpc) is 2.85. The average molecular weight is 302 g/mol. The number of carbonyl (C=O) groups excluding carboxylic acids is 1. The zero-order valence-electron chi connectivity index (χ0n) is 9.52. The van der Waals surface area contributed by atoms with Gasteiger partial charge < -0.3 is 9.26 Å². The summed E-state index contributed by atoms with van der Waals surface area (Å²) < 4.78 is 10.3. The van der Waals surface area contributed by atoms with Crippen LogP contribution in [-0.4, -0.2) is 11.1 Å². The van der Waals surface area contributed by atoms with Gasteiger partial charge in [-0.15, -0.1) is 0 Å². The molecule has 6 nitrogen and oxygen atoms in total. The minimum absolute atomic E-state index is 0.0725. The van der Waals surface area contributed by atoms with Crippen molar-refractivity contribution in [1.29, 1.82) is 0 Å². The molecular formula is C11H9Cl2N3O3. The van der Waals surface area contributed by atoms with Crippen molar-refractivity contribution in [3.05, 3.63) is 45.8 Å². The minimum Gasteiger partial charge on any atom is -0.484 e. The number of ether oxygens (including phenoxy) is 1. The molecular weight excluding hydrogens is 293 g/mol. The Balaban J connectivity index is 2.02. The summed E-state index contributed by atoms with van der Waals surface area (Å²) in [7, 11) is 0. The molecule has 0 aliphatic rings. The molecule has 8 heteroatoms. The zero-order valence-corrected chi connectivity index (χ0v) is 11.0. The van der Waals surface area contributed by atoms with E-state index in [9.17, 15) is 4.79 Å². The molecule has 2 aromatic rings. The second kappa shape index (κ2) is 5.92. The molecule has 19 heavy (non-hydrogen) atoms. The molecule has 0 atom stereocenters. The van der Waals surface area contributed by atoms with Crippen LogP contribution in [0.5, 0.6) is 5.75 Å². The third-order valence-corrected chi connectivity index (χ3v) is 2.72. The lowest BCUT2D eigenvalue weighted by Gasteiger charge is -2.05. The molecule has 0 aliphatic carbocycles. The summed E-state index contributed by atoms with van der Waals surface area (Å²) in [5.74, 6) is 5.24. The normalized spacial score (nSPS) is 10.3. The first kappa shape index (κ1) is 13.7. The smallest absolute Gasteiger partial charge is 0.287 e. The molecule has 0 saturated heterocycles. The van der Waals surface area contributed by atoms with Crippen LogP contribution in [-0.2, 0) is 6.61 Å². The van der Waals surface area contributed by atoms with Crippen LogP contribution in [0.2, 0.25) is 10.0 Å². The summed E-state index contributed by atoms with van der Waals surface area (Å²) in [5, 5.41) is 4.43. The van der Waals surface area contributed by atoms with Crippen molar-refractivity contribution in [1.82, 2.24) is 10.6 Å². The number of aromatic nitrogens is 1. The van der Waals surface area contributed by atoms with Crippen LogP contribution in [0.4, 0.5) is 0 Å². The van der Waals surface area contributed by atoms with Crippen LogP contribution < -0.4 is 16.0 Å². The Bertz CT molecular complexity index is 601. The SMILES string of the molecule is NNC(=O)c1cc(COc2ccc(Cl)cc2Cl)on1. The van der Waals surface area contributed by atoms with Crippen molar-refractivity contribution in [3.63, 3.8) is 0 Å². The molecule has 0 saturated carbocycles. The molecule has 100 valence electrons. The van der Waals surface area contributed by atoms with E-state index >= 15 is 0 Å². The van der Waals surface area contributed by atoms with E-state index in [1.807, 2.05) is 5.43 Å². The van der Waals surface area contributed by atoms with Gasteiger partial charge >= 0.3 is 0 Å². The summed E-state index contributed by atoms with van der Waals surface area (Å²) in [6, 6.07) is 6.27. The molecule has 0 bridgehead atoms. The first-order valence-electron chi connectivity index (χ1n) is 5.14. The predicted octanol–water partition coefficient (Wildman–Crippen LogP) is 2.16. The quantitative estimate of drug-likeness (QED) is 0.513. The number of nitrogens with two attached hydrogens (primary N) is 1. The van der Waals surface area contributed by atoms with Crippen LogP contribution in [0.25, 0.3) is 0 Å². The van der Waals surface area contributed by atoms with Gasteiger partial charge in [0.1, 0.15) is 12.4 Å². The number of carbonyl (C=O) groups is 1. The van der Waals surface area contributed by atoms with Gasteiger partial charge in [-0.05, 0) is 18.2 Å². The van der Waals surface area contributed by atoms with E-state index in [4.69, 9.17) is 38.3 Å². The van der Waals surface area contributed by atoms with Crippen molar-refractivity contribution in [2.24, 2.45) is 5.84 Å². The van der Waals surface area contributed by atoms with E-state index in [0.717, 1.165) is 0 Å². The van der Waals surface area contributed by atoms with Gasteiger partial charge in [-0.3, -0.25) is 10.2 Å². The summed E-state index contributed by atoms with van der Waals surface area (Å²) in [6.45, 7) is 0.0756. The molecule has 2 rings (SSSR count). The Hall–Kier alpha value is -1.76. The Kier molecular flexibility index (Phi) is 4.26. The molecule has 0 aliphatic heterocycles. The second-order valence-electron chi connectivity index (χ2n) is 3.52. The highest BCUT2D eigenvalue weighted by Crippen LogP contribution is 2.28. The van der Waals surface area contributed by atoms with E-state index in [1.54, 1.807) is 18.2 Å². The molecule has 1 amide bonds. The van der Waals surface area contributed by atoms with Crippen molar-refractivity contribution < 1.29 is 14.1 Å². The maximum atomic E-state index is 11.2. The molecule has 0 unspecified atom stereocenters. The van der Waals surface area contributed by atoms with E-state index in [2.05, 4.69) is 5.16 Å². The number of hydrogen-bond acceptors (Lipinski definition) is 5. The van der Waals surface area contributed by atoms with Crippen LogP contribution >= 0.6 is 23.2 Å². The third-order valence-electron chi connectivity index (χ3n) is 2.19. The Morgan fingerprint density at radius 1 is 1.42 bits per heavy atom. The van der Waals surface area contributed by atoms with Crippen molar-refractivity contribution in [3.8, 4) is 5.75 Å². The first-order chi connectivity index (χ1) is 9.10. The maximum absolute atomic E-state index is 11.2. The number of rotatable bonds is 4. The van der Waals surface area contributed by atoms with Gasteiger partial charge in [0.05, 0.1) is 5.02 Å². The van der Waals surface area contributed by atoms with Crippen molar-refractivity contribution in [2.75, 3.05) is 0 Å². The first-order valence-corrected chi connectivity index (χ1v) is 5.90. The van der Waals surface area contributed by atoms with Crippen molar-refractivity contribution >= 4 is 29.1 Å². The predicted molar refractivity (Wildman–Crippen MR) is 69.0 cm³/mol.